The minimum Gasteiger partial charge on any atom is -0.311 e. The molecule has 11 rings (SSSR count). The van der Waals surface area contributed by atoms with Crippen molar-refractivity contribution >= 4 is 81.7 Å². The summed E-state index contributed by atoms with van der Waals surface area (Å²) in [5.74, 6) is 0. The third kappa shape index (κ3) is 5.16. The van der Waals surface area contributed by atoms with Gasteiger partial charge in [0, 0.05) is 17.1 Å². The third-order valence-corrected chi connectivity index (χ3v) is 11.4. The highest BCUT2D eigenvalue weighted by molar-refractivity contribution is 6.33. The minimum absolute atomic E-state index is 1.13. The van der Waals surface area contributed by atoms with Crippen molar-refractivity contribution in [2.75, 3.05) is 4.90 Å². The number of hydrogen-bond donors (Lipinski definition) is 0. The Bertz CT molecular complexity index is 3180. The highest BCUT2D eigenvalue weighted by Crippen LogP contribution is 2.44. The van der Waals surface area contributed by atoms with E-state index < -0.39 is 0 Å². The summed E-state index contributed by atoms with van der Waals surface area (Å²) in [6.45, 7) is 0. The molecule has 0 aliphatic rings. The maximum Gasteiger partial charge on any atom is 0.0462 e. The first-order chi connectivity index (χ1) is 27.3. The molecule has 11 aromatic carbocycles. The van der Waals surface area contributed by atoms with Crippen LogP contribution in [0.1, 0.15) is 0 Å². The van der Waals surface area contributed by atoms with E-state index in [0.29, 0.717) is 0 Å². The molecule has 0 spiro atoms. The van der Waals surface area contributed by atoms with Gasteiger partial charge in [-0.25, -0.2) is 0 Å². The molecule has 1 heteroatoms. The SMILES string of the molecule is c1ccc(-c2ccc3c(c2)c2ccccc2c2cc4c5ccc(-c6ccc(N(c7ccccc7)c7ccccc7)cc6)cc5c5ccccc5c4cc32)cc1. The molecule has 0 amide bonds. The van der Waals surface area contributed by atoms with E-state index in [0.717, 1.165) is 17.1 Å². The molecule has 11 aromatic rings. The maximum absolute atomic E-state index is 2.46. The largest absolute Gasteiger partial charge is 0.311 e. The average molecular weight is 698 g/mol. The van der Waals surface area contributed by atoms with Crippen LogP contribution in [-0.4, -0.2) is 0 Å². The normalized spacial score (nSPS) is 11.6. The molecule has 0 bridgehead atoms. The molecule has 0 fully saturated rings. The zero-order valence-electron chi connectivity index (χ0n) is 30.2. The molecule has 1 nitrogen and oxygen atoms in total. The fourth-order valence-electron chi connectivity index (χ4n) is 8.79. The standard InChI is InChI=1S/C54H35N/c1-4-14-36(15-5-1)38-26-30-47-49(32-38)43-20-10-12-22-45(43)51-35-54-48-31-27-39(33-50(48)44-21-11-13-23-46(44)52(54)34-53(47)51)37-24-28-42(29-25-37)55(40-16-6-2-7-17-40)41-18-8-3-9-19-41/h1-35H. The zero-order valence-corrected chi connectivity index (χ0v) is 30.2. The van der Waals surface area contributed by atoms with Crippen LogP contribution in [-0.2, 0) is 0 Å². The molecule has 0 atom stereocenters. The second-order valence-corrected chi connectivity index (χ2v) is 14.5. The molecule has 0 N–H and O–H groups in total. The van der Waals surface area contributed by atoms with Gasteiger partial charge < -0.3 is 4.90 Å². The number of hydrogen-bond acceptors (Lipinski definition) is 1. The molecule has 0 aromatic heterocycles. The molecule has 0 radical (unpaired) electrons. The van der Waals surface area contributed by atoms with Gasteiger partial charge in [-0.1, -0.05) is 152 Å². The fourth-order valence-corrected chi connectivity index (χ4v) is 8.79. The lowest BCUT2D eigenvalue weighted by atomic mass is 9.87. The van der Waals surface area contributed by atoms with Crippen LogP contribution in [0.15, 0.2) is 212 Å². The van der Waals surface area contributed by atoms with Crippen LogP contribution in [0.2, 0.25) is 0 Å². The number of nitrogens with zero attached hydrogens (tertiary/aromatic N) is 1. The van der Waals surface area contributed by atoms with Gasteiger partial charge in [0.1, 0.15) is 0 Å². The molecule has 0 aliphatic carbocycles. The summed E-state index contributed by atoms with van der Waals surface area (Å²) in [6.07, 6.45) is 0. The summed E-state index contributed by atoms with van der Waals surface area (Å²) in [7, 11) is 0. The van der Waals surface area contributed by atoms with Crippen molar-refractivity contribution in [1.82, 2.24) is 0 Å². The lowest BCUT2D eigenvalue weighted by molar-refractivity contribution is 1.28. The van der Waals surface area contributed by atoms with Gasteiger partial charge >= 0.3 is 0 Å². The van der Waals surface area contributed by atoms with Gasteiger partial charge in [0.15, 0.2) is 0 Å². The number of fused-ring (bicyclic) bond motifs is 12. The van der Waals surface area contributed by atoms with E-state index in [9.17, 15) is 0 Å². The Morgan fingerprint density at radius 1 is 0.182 bits per heavy atom. The minimum atomic E-state index is 1.13. The van der Waals surface area contributed by atoms with Gasteiger partial charge in [-0.2, -0.15) is 0 Å². The summed E-state index contributed by atoms with van der Waals surface area (Å²) in [6, 6.07) is 77.7. The first kappa shape index (κ1) is 31.3. The molecule has 0 saturated carbocycles. The highest BCUT2D eigenvalue weighted by Gasteiger charge is 2.16. The maximum atomic E-state index is 2.46. The fraction of sp³-hybridized carbons (Fsp3) is 0. The molecular formula is C54H35N. The van der Waals surface area contributed by atoms with Gasteiger partial charge in [-0.3, -0.25) is 0 Å². The van der Waals surface area contributed by atoms with Crippen LogP contribution in [0.4, 0.5) is 17.1 Å². The molecular weight excluding hydrogens is 663 g/mol. The summed E-state index contributed by atoms with van der Waals surface area (Å²) < 4.78 is 0. The number of para-hydroxylation sites is 2. The monoisotopic (exact) mass is 697 g/mol. The van der Waals surface area contributed by atoms with Crippen molar-refractivity contribution in [3.8, 4) is 22.3 Å². The molecule has 256 valence electrons. The summed E-state index contributed by atoms with van der Waals surface area (Å²) >= 11 is 0. The molecule has 0 saturated heterocycles. The Morgan fingerprint density at radius 3 is 0.891 bits per heavy atom. The predicted octanol–water partition coefficient (Wildman–Crippen LogP) is 15.4. The van der Waals surface area contributed by atoms with E-state index in [4.69, 9.17) is 0 Å². The van der Waals surface area contributed by atoms with Gasteiger partial charge in [0.2, 0.25) is 0 Å². The van der Waals surface area contributed by atoms with Crippen molar-refractivity contribution in [3.05, 3.63) is 212 Å². The van der Waals surface area contributed by atoms with Gasteiger partial charge in [0.05, 0.1) is 0 Å². The molecule has 55 heavy (non-hydrogen) atoms. The lowest BCUT2D eigenvalue weighted by Crippen LogP contribution is -2.09. The van der Waals surface area contributed by atoms with E-state index in [1.807, 2.05) is 0 Å². The topological polar surface area (TPSA) is 3.24 Å². The zero-order chi connectivity index (χ0) is 36.3. The van der Waals surface area contributed by atoms with Gasteiger partial charge in [-0.15, -0.1) is 0 Å². The smallest absolute Gasteiger partial charge is 0.0462 e. The Balaban J connectivity index is 1.09. The van der Waals surface area contributed by atoms with E-state index in [-0.39, 0.29) is 0 Å². The Hall–Kier alpha value is -7.22. The van der Waals surface area contributed by atoms with Crippen LogP contribution in [0, 0.1) is 0 Å². The van der Waals surface area contributed by atoms with Crippen molar-refractivity contribution in [3.63, 3.8) is 0 Å². The van der Waals surface area contributed by atoms with Crippen molar-refractivity contribution in [2.24, 2.45) is 0 Å². The molecule has 0 aliphatic heterocycles. The highest BCUT2D eigenvalue weighted by atomic mass is 15.1. The van der Waals surface area contributed by atoms with Crippen LogP contribution in [0.3, 0.4) is 0 Å². The van der Waals surface area contributed by atoms with E-state index in [1.54, 1.807) is 0 Å². The van der Waals surface area contributed by atoms with Gasteiger partial charge in [0.25, 0.3) is 0 Å². The van der Waals surface area contributed by atoms with Crippen LogP contribution in [0.5, 0.6) is 0 Å². The lowest BCUT2D eigenvalue weighted by Gasteiger charge is -2.25. The van der Waals surface area contributed by atoms with Crippen LogP contribution in [0.25, 0.3) is 86.9 Å². The van der Waals surface area contributed by atoms with Gasteiger partial charge in [-0.05, 0) is 148 Å². The first-order valence-corrected chi connectivity index (χ1v) is 19.0. The molecule has 0 heterocycles. The van der Waals surface area contributed by atoms with E-state index >= 15 is 0 Å². The Morgan fingerprint density at radius 2 is 0.473 bits per heavy atom. The average Bonchev–Trinajstić information content (AvgIpc) is 3.27. The number of benzene rings is 11. The van der Waals surface area contributed by atoms with Crippen LogP contribution >= 0.6 is 0 Å². The Labute approximate surface area is 320 Å². The van der Waals surface area contributed by atoms with Crippen molar-refractivity contribution in [2.45, 2.75) is 0 Å². The summed E-state index contributed by atoms with van der Waals surface area (Å²) in [4.78, 5) is 2.31. The summed E-state index contributed by atoms with van der Waals surface area (Å²) in [5.41, 5.74) is 8.28. The Kier molecular flexibility index (Phi) is 7.25. The second-order valence-electron chi connectivity index (χ2n) is 14.5. The quantitative estimate of drug-likeness (QED) is 0.128. The third-order valence-electron chi connectivity index (χ3n) is 11.4. The first-order valence-electron chi connectivity index (χ1n) is 19.0. The molecule has 0 unspecified atom stereocenters. The van der Waals surface area contributed by atoms with E-state index in [1.165, 1.54) is 86.9 Å². The second kappa shape index (κ2) is 12.7. The predicted molar refractivity (Wildman–Crippen MR) is 237 cm³/mol. The number of anilines is 3. The van der Waals surface area contributed by atoms with Crippen LogP contribution < -0.4 is 4.90 Å². The van der Waals surface area contributed by atoms with Crippen molar-refractivity contribution < 1.29 is 0 Å². The van der Waals surface area contributed by atoms with E-state index in [2.05, 4.69) is 217 Å². The summed E-state index contributed by atoms with van der Waals surface area (Å²) in [5, 5.41) is 15.4. The van der Waals surface area contributed by atoms with Crippen molar-refractivity contribution in [1.29, 1.82) is 0 Å². The number of rotatable bonds is 5.